The second-order valence-corrected chi connectivity index (χ2v) is 21.2. The second-order valence-electron chi connectivity index (χ2n) is 21.2. The standard InChI is InChI=1S/C81H54O6.CH4/c1-7-49-82-61-37-25-55(26-38-61)79(56-27-39-62(40-28-56)83-50-8-2)70-22-16-13-19-67(70)73-76(79)74-68-20-14-17-23-71(68)80(57-29-41-63(42-30-57)84-51-9-3,58-31-43-64(44-32-58)85-52-10-4)78(74)75-69-21-15-18-24-72(69)81(77(73)75,59-33-45-65(46-34-59)86-53-11-5)60-35-47-66(48-36-60)87-54-12-6;/h1-6,13-48H,49-54H2;1H4. The molecule has 13 rings (SSSR count). The number of benzene rings is 10. The minimum absolute atomic E-state index is 0. The highest BCUT2D eigenvalue weighted by molar-refractivity contribution is 6.09. The Hall–Kier alpha value is -11.6. The van der Waals surface area contributed by atoms with Gasteiger partial charge >= 0.3 is 0 Å². The van der Waals surface area contributed by atoms with Crippen molar-refractivity contribution in [1.29, 1.82) is 0 Å². The fourth-order valence-corrected chi connectivity index (χ4v) is 14.0. The maximum atomic E-state index is 6.15. The van der Waals surface area contributed by atoms with E-state index in [0.29, 0.717) is 34.5 Å². The molecule has 0 unspecified atom stereocenters. The lowest BCUT2D eigenvalue weighted by Gasteiger charge is -2.40. The summed E-state index contributed by atoms with van der Waals surface area (Å²) in [7, 11) is 0. The molecule has 0 aliphatic heterocycles. The topological polar surface area (TPSA) is 55.4 Å². The predicted octanol–water partition coefficient (Wildman–Crippen LogP) is 15.5. The second kappa shape index (κ2) is 23.8. The van der Waals surface area contributed by atoms with Gasteiger partial charge in [-0.25, -0.2) is 0 Å². The Kier molecular flexibility index (Phi) is 15.4. The third kappa shape index (κ3) is 8.79. The number of rotatable bonds is 18. The Labute approximate surface area is 516 Å². The van der Waals surface area contributed by atoms with Gasteiger partial charge in [-0.2, -0.15) is 0 Å². The molecule has 0 aromatic heterocycles. The van der Waals surface area contributed by atoms with E-state index in [9.17, 15) is 0 Å². The van der Waals surface area contributed by atoms with E-state index in [1.165, 1.54) is 0 Å². The first-order valence-corrected chi connectivity index (χ1v) is 28.5. The number of terminal acetylenes is 6. The quantitative estimate of drug-likeness (QED) is 0.0798. The molecule has 0 amide bonds. The molecule has 3 aliphatic carbocycles. The lowest BCUT2D eigenvalue weighted by atomic mass is 9.61. The lowest BCUT2D eigenvalue weighted by molar-refractivity contribution is 0.370. The molecule has 0 bridgehead atoms. The van der Waals surface area contributed by atoms with Crippen LogP contribution in [0.1, 0.15) is 74.2 Å². The van der Waals surface area contributed by atoms with Crippen molar-refractivity contribution in [3.8, 4) is 142 Å². The maximum absolute atomic E-state index is 6.15. The molecule has 10 aromatic rings. The number of hydrogen-bond acceptors (Lipinski definition) is 6. The van der Waals surface area contributed by atoms with Crippen molar-refractivity contribution in [1.82, 2.24) is 0 Å². The fourth-order valence-electron chi connectivity index (χ4n) is 14.0. The number of fused-ring (bicyclic) bond motifs is 12. The predicted molar refractivity (Wildman–Crippen MR) is 351 cm³/mol. The summed E-state index contributed by atoms with van der Waals surface area (Å²) in [5.41, 5.74) is 15.7. The molecule has 0 fully saturated rings. The van der Waals surface area contributed by atoms with Gasteiger partial charge < -0.3 is 28.4 Å². The summed E-state index contributed by atoms with van der Waals surface area (Å²) in [6.45, 7) is 0.658. The van der Waals surface area contributed by atoms with E-state index in [-0.39, 0.29) is 47.1 Å². The molecule has 0 N–H and O–H groups in total. The van der Waals surface area contributed by atoms with Crippen LogP contribution in [0, 0.1) is 74.1 Å². The highest BCUT2D eigenvalue weighted by Gasteiger charge is 2.61. The van der Waals surface area contributed by atoms with Gasteiger partial charge in [-0.3, -0.25) is 0 Å². The summed E-state index contributed by atoms with van der Waals surface area (Å²) in [5, 5.41) is 0. The van der Waals surface area contributed by atoms with Crippen molar-refractivity contribution in [3.63, 3.8) is 0 Å². The Bertz CT molecular complexity index is 3870. The molecule has 422 valence electrons. The largest absolute Gasteiger partial charge is 0.481 e. The highest BCUT2D eigenvalue weighted by atomic mass is 16.5. The average molecular weight is 1140 g/mol. The maximum Gasteiger partial charge on any atom is 0.148 e. The van der Waals surface area contributed by atoms with Gasteiger partial charge in [0.25, 0.3) is 0 Å². The minimum atomic E-state index is -1.07. The molecular formula is C82H58O6. The van der Waals surface area contributed by atoms with E-state index in [1.54, 1.807) is 0 Å². The van der Waals surface area contributed by atoms with Crippen molar-refractivity contribution in [2.45, 2.75) is 23.7 Å². The summed E-state index contributed by atoms with van der Waals surface area (Å²) in [5.74, 6) is 19.7. The van der Waals surface area contributed by atoms with Crippen molar-refractivity contribution in [3.05, 3.63) is 285 Å². The summed E-state index contributed by atoms with van der Waals surface area (Å²) in [4.78, 5) is 0. The van der Waals surface area contributed by atoms with Crippen LogP contribution in [0.2, 0.25) is 0 Å². The van der Waals surface area contributed by atoms with Gasteiger partial charge in [0, 0.05) is 0 Å². The molecule has 3 aliphatic rings. The van der Waals surface area contributed by atoms with E-state index in [2.05, 4.69) is 181 Å². The van der Waals surface area contributed by atoms with Gasteiger partial charge in [0.1, 0.15) is 74.1 Å². The van der Waals surface area contributed by atoms with Crippen LogP contribution >= 0.6 is 0 Å². The van der Waals surface area contributed by atoms with Gasteiger partial charge in [0.15, 0.2) is 0 Å². The molecule has 0 spiro atoms. The average Bonchev–Trinajstić information content (AvgIpc) is 1.47. The van der Waals surface area contributed by atoms with E-state index >= 15 is 0 Å². The molecule has 6 heteroatoms. The molecule has 0 atom stereocenters. The molecular weight excluding hydrogens is 1080 g/mol. The van der Waals surface area contributed by atoms with Crippen LogP contribution in [0.5, 0.6) is 34.5 Å². The normalized spacial score (nSPS) is 13.2. The van der Waals surface area contributed by atoms with E-state index in [1.807, 2.05) is 72.8 Å². The van der Waals surface area contributed by atoms with Crippen molar-refractivity contribution in [2.75, 3.05) is 39.6 Å². The Morgan fingerprint density at radius 2 is 0.409 bits per heavy atom. The third-order valence-corrected chi connectivity index (χ3v) is 17.1. The molecule has 88 heavy (non-hydrogen) atoms. The van der Waals surface area contributed by atoms with Gasteiger partial charge in [-0.1, -0.05) is 189 Å². The summed E-state index contributed by atoms with van der Waals surface area (Å²) in [6, 6.07) is 77.1. The van der Waals surface area contributed by atoms with Crippen LogP contribution in [0.4, 0.5) is 0 Å². The van der Waals surface area contributed by atoms with Crippen LogP contribution in [0.15, 0.2) is 218 Å². The van der Waals surface area contributed by atoms with Gasteiger partial charge in [-0.05, 0) is 173 Å². The zero-order valence-electron chi connectivity index (χ0n) is 47.4. The third-order valence-electron chi connectivity index (χ3n) is 17.1. The van der Waals surface area contributed by atoms with Gasteiger partial charge in [-0.15, -0.1) is 38.5 Å². The molecule has 6 nitrogen and oxygen atoms in total. The smallest absolute Gasteiger partial charge is 0.148 e. The molecule has 0 heterocycles. The lowest BCUT2D eigenvalue weighted by Crippen LogP contribution is -2.33. The zero-order chi connectivity index (χ0) is 59.5. The molecule has 0 saturated heterocycles. The molecule has 0 radical (unpaired) electrons. The summed E-state index contributed by atoms with van der Waals surface area (Å²) < 4.78 is 36.9. The molecule has 0 saturated carbocycles. The van der Waals surface area contributed by atoms with Gasteiger partial charge in [0.2, 0.25) is 0 Å². The first-order valence-electron chi connectivity index (χ1n) is 28.5. The SMILES string of the molecule is C.C#CCOc1ccc(C2(c3ccc(OCC#C)cc3)c3ccccc3-c3c2c2c(c4c3C(c3ccc(OCC#C)cc3)(c3ccc(OCC#C)cc3)c3ccccc3-4)C(c3ccc(OCC#C)cc3)(c3ccc(OCC#C)cc3)c3ccccc3-2)cc1. The minimum Gasteiger partial charge on any atom is -0.481 e. The Balaban J connectivity index is 0.00000754. The van der Waals surface area contributed by atoms with E-state index in [0.717, 1.165) is 100 Å². The Morgan fingerprint density at radius 1 is 0.239 bits per heavy atom. The van der Waals surface area contributed by atoms with Crippen LogP contribution in [0.25, 0.3) is 33.4 Å². The summed E-state index contributed by atoms with van der Waals surface area (Å²) >= 11 is 0. The van der Waals surface area contributed by atoms with E-state index < -0.39 is 16.2 Å². The molecule has 10 aromatic carbocycles. The van der Waals surface area contributed by atoms with Crippen molar-refractivity contribution < 1.29 is 28.4 Å². The Morgan fingerprint density at radius 3 is 0.580 bits per heavy atom. The van der Waals surface area contributed by atoms with Crippen LogP contribution in [0.3, 0.4) is 0 Å². The van der Waals surface area contributed by atoms with Crippen LogP contribution in [-0.2, 0) is 16.2 Å². The van der Waals surface area contributed by atoms with Gasteiger partial charge in [0.05, 0.1) is 16.2 Å². The summed E-state index contributed by atoms with van der Waals surface area (Å²) in [6.07, 6.45) is 34.7. The zero-order valence-corrected chi connectivity index (χ0v) is 47.4. The monoisotopic (exact) mass is 1140 g/mol. The number of hydrogen-bond donors (Lipinski definition) is 0. The highest BCUT2D eigenvalue weighted by Crippen LogP contribution is 2.73. The van der Waals surface area contributed by atoms with Crippen molar-refractivity contribution in [2.24, 2.45) is 0 Å². The van der Waals surface area contributed by atoms with Crippen LogP contribution in [-0.4, -0.2) is 39.6 Å². The fraction of sp³-hybridized carbons (Fsp3) is 0.122. The first-order chi connectivity index (χ1) is 42.9. The van der Waals surface area contributed by atoms with Crippen molar-refractivity contribution >= 4 is 0 Å². The van der Waals surface area contributed by atoms with Crippen LogP contribution < -0.4 is 28.4 Å². The number of ether oxygens (including phenoxy) is 6. The van der Waals surface area contributed by atoms with E-state index in [4.69, 9.17) is 67.0 Å². The first kappa shape index (κ1) is 56.8.